The fourth-order valence-corrected chi connectivity index (χ4v) is 1.22. The molecule has 0 aliphatic heterocycles. The SMILES string of the molecule is CCCCN(CC)C(=O)O.CCCCNCC. The number of unbranched alkanes of at least 4 members (excludes halogenated alkanes) is 2. The normalized spacial score (nSPS) is 9.41. The molecule has 0 saturated carbocycles. The Balaban J connectivity index is 0. The molecule has 104 valence electrons. The summed E-state index contributed by atoms with van der Waals surface area (Å²) in [4.78, 5) is 11.8. The largest absolute Gasteiger partial charge is 0.465 e. The number of carbonyl (C=O) groups is 1. The molecule has 0 fully saturated rings. The Morgan fingerprint density at radius 1 is 1.12 bits per heavy atom. The second kappa shape index (κ2) is 15.2. The van der Waals surface area contributed by atoms with Gasteiger partial charge in [-0.05, 0) is 32.9 Å². The van der Waals surface area contributed by atoms with E-state index in [1.165, 1.54) is 24.3 Å². The zero-order valence-electron chi connectivity index (χ0n) is 12.0. The first-order valence-corrected chi connectivity index (χ1v) is 6.82. The van der Waals surface area contributed by atoms with Crippen LogP contribution in [0.3, 0.4) is 0 Å². The lowest BCUT2D eigenvalue weighted by Gasteiger charge is -2.15. The van der Waals surface area contributed by atoms with E-state index >= 15 is 0 Å². The Morgan fingerprint density at radius 3 is 2.06 bits per heavy atom. The van der Waals surface area contributed by atoms with Crippen molar-refractivity contribution in [1.82, 2.24) is 10.2 Å². The molecule has 0 unspecified atom stereocenters. The lowest BCUT2D eigenvalue weighted by atomic mass is 10.3. The molecule has 0 rings (SSSR count). The molecule has 0 radical (unpaired) electrons. The molecule has 0 saturated heterocycles. The average molecular weight is 246 g/mol. The van der Waals surface area contributed by atoms with Crippen LogP contribution in [0.2, 0.25) is 0 Å². The fraction of sp³-hybridized carbons (Fsp3) is 0.923. The predicted octanol–water partition coefficient (Wildman–Crippen LogP) is 3.18. The van der Waals surface area contributed by atoms with Crippen molar-refractivity contribution in [2.24, 2.45) is 0 Å². The highest BCUT2D eigenvalue weighted by Crippen LogP contribution is 1.94. The average Bonchev–Trinajstić information content (AvgIpc) is 2.31. The molecule has 17 heavy (non-hydrogen) atoms. The number of rotatable bonds is 8. The van der Waals surface area contributed by atoms with E-state index in [2.05, 4.69) is 26.1 Å². The van der Waals surface area contributed by atoms with Crippen LogP contribution in [0.25, 0.3) is 0 Å². The Hall–Kier alpha value is -0.770. The van der Waals surface area contributed by atoms with Gasteiger partial charge in [-0.15, -0.1) is 0 Å². The fourth-order valence-electron chi connectivity index (χ4n) is 1.22. The second-order valence-electron chi connectivity index (χ2n) is 3.92. The van der Waals surface area contributed by atoms with E-state index in [1.54, 1.807) is 0 Å². The Bertz CT molecular complexity index is 159. The van der Waals surface area contributed by atoms with Crippen LogP contribution in [0.15, 0.2) is 0 Å². The van der Waals surface area contributed by atoms with Gasteiger partial charge in [-0.25, -0.2) is 4.79 Å². The summed E-state index contributed by atoms with van der Waals surface area (Å²) in [6.07, 6.45) is 3.81. The monoisotopic (exact) mass is 246 g/mol. The predicted molar refractivity (Wildman–Crippen MR) is 73.6 cm³/mol. The lowest BCUT2D eigenvalue weighted by molar-refractivity contribution is 0.147. The van der Waals surface area contributed by atoms with Crippen molar-refractivity contribution in [3.05, 3.63) is 0 Å². The van der Waals surface area contributed by atoms with Crippen LogP contribution < -0.4 is 5.32 Å². The first-order chi connectivity index (χ1) is 8.13. The molecule has 0 aromatic heterocycles. The van der Waals surface area contributed by atoms with Crippen molar-refractivity contribution in [2.45, 2.75) is 53.4 Å². The second-order valence-corrected chi connectivity index (χ2v) is 3.92. The van der Waals surface area contributed by atoms with Crippen LogP contribution >= 0.6 is 0 Å². The molecular formula is C13H30N2O2. The summed E-state index contributed by atoms with van der Waals surface area (Å²) in [7, 11) is 0. The van der Waals surface area contributed by atoms with Gasteiger partial charge in [0.05, 0.1) is 0 Å². The lowest BCUT2D eigenvalue weighted by Crippen LogP contribution is -2.29. The third-order valence-electron chi connectivity index (χ3n) is 2.39. The van der Waals surface area contributed by atoms with E-state index < -0.39 is 6.09 Å². The molecule has 0 spiro atoms. The summed E-state index contributed by atoms with van der Waals surface area (Å²) in [6.45, 7) is 11.8. The first kappa shape index (κ1) is 18.6. The molecule has 0 aliphatic carbocycles. The molecule has 0 aromatic carbocycles. The maximum atomic E-state index is 10.4. The zero-order chi connectivity index (χ0) is 13.5. The number of nitrogens with zero attached hydrogens (tertiary/aromatic N) is 1. The van der Waals surface area contributed by atoms with Gasteiger partial charge >= 0.3 is 6.09 Å². The van der Waals surface area contributed by atoms with Crippen LogP contribution in [0.1, 0.15) is 53.4 Å². The molecule has 0 aromatic rings. The summed E-state index contributed by atoms with van der Waals surface area (Å²) < 4.78 is 0. The van der Waals surface area contributed by atoms with Crippen LogP contribution in [0.4, 0.5) is 4.79 Å². The zero-order valence-corrected chi connectivity index (χ0v) is 12.0. The molecule has 0 atom stereocenters. The van der Waals surface area contributed by atoms with Crippen LogP contribution in [-0.2, 0) is 0 Å². The maximum absolute atomic E-state index is 10.4. The molecule has 0 bridgehead atoms. The molecule has 0 heterocycles. The summed E-state index contributed by atoms with van der Waals surface area (Å²) in [5, 5.41) is 11.8. The number of hydrogen-bond acceptors (Lipinski definition) is 2. The van der Waals surface area contributed by atoms with E-state index in [0.717, 1.165) is 19.4 Å². The Labute approximate surface area is 106 Å². The first-order valence-electron chi connectivity index (χ1n) is 6.82. The highest BCUT2D eigenvalue weighted by molar-refractivity contribution is 5.64. The van der Waals surface area contributed by atoms with Crippen molar-refractivity contribution >= 4 is 6.09 Å². The number of nitrogens with one attached hydrogen (secondary N) is 1. The summed E-state index contributed by atoms with van der Waals surface area (Å²) in [5.41, 5.74) is 0. The van der Waals surface area contributed by atoms with Gasteiger partial charge < -0.3 is 15.3 Å². The third kappa shape index (κ3) is 15.2. The van der Waals surface area contributed by atoms with E-state index in [9.17, 15) is 4.79 Å². The molecule has 1 amide bonds. The van der Waals surface area contributed by atoms with Crippen LogP contribution in [-0.4, -0.2) is 42.3 Å². The Kier molecular flexibility index (Phi) is 16.7. The number of amides is 1. The van der Waals surface area contributed by atoms with Crippen molar-refractivity contribution in [3.63, 3.8) is 0 Å². The van der Waals surface area contributed by atoms with Crippen LogP contribution in [0, 0.1) is 0 Å². The van der Waals surface area contributed by atoms with Gasteiger partial charge in [0.15, 0.2) is 0 Å². The summed E-state index contributed by atoms with van der Waals surface area (Å²) in [5.74, 6) is 0. The van der Waals surface area contributed by atoms with Gasteiger partial charge in [-0.2, -0.15) is 0 Å². The minimum atomic E-state index is -0.809. The van der Waals surface area contributed by atoms with E-state index in [0.29, 0.717) is 13.1 Å². The Morgan fingerprint density at radius 2 is 1.71 bits per heavy atom. The van der Waals surface area contributed by atoms with E-state index in [1.807, 2.05) is 6.92 Å². The van der Waals surface area contributed by atoms with Crippen molar-refractivity contribution in [2.75, 3.05) is 26.2 Å². The summed E-state index contributed by atoms with van der Waals surface area (Å²) >= 11 is 0. The van der Waals surface area contributed by atoms with Gasteiger partial charge in [0.1, 0.15) is 0 Å². The number of hydrogen-bond donors (Lipinski definition) is 2. The van der Waals surface area contributed by atoms with Crippen molar-refractivity contribution in [3.8, 4) is 0 Å². The molecule has 2 N–H and O–H groups in total. The molecule has 4 nitrogen and oxygen atoms in total. The van der Waals surface area contributed by atoms with Gasteiger partial charge in [-0.3, -0.25) is 0 Å². The standard InChI is InChI=1S/C7H15NO2.C6H15N/c1-3-5-6-8(4-2)7(9)10;1-3-5-6-7-4-2/h3-6H2,1-2H3,(H,9,10);7H,3-6H2,1-2H3. The highest BCUT2D eigenvalue weighted by atomic mass is 16.4. The van der Waals surface area contributed by atoms with Gasteiger partial charge in [0, 0.05) is 13.1 Å². The minimum Gasteiger partial charge on any atom is -0.465 e. The highest BCUT2D eigenvalue weighted by Gasteiger charge is 2.06. The third-order valence-corrected chi connectivity index (χ3v) is 2.39. The molecular weight excluding hydrogens is 216 g/mol. The van der Waals surface area contributed by atoms with Crippen molar-refractivity contribution in [1.29, 1.82) is 0 Å². The maximum Gasteiger partial charge on any atom is 0.407 e. The number of carboxylic acid groups (broad SMARTS) is 1. The smallest absolute Gasteiger partial charge is 0.407 e. The van der Waals surface area contributed by atoms with Gasteiger partial charge in [-0.1, -0.05) is 33.6 Å². The van der Waals surface area contributed by atoms with Crippen molar-refractivity contribution < 1.29 is 9.90 Å². The van der Waals surface area contributed by atoms with E-state index in [4.69, 9.17) is 5.11 Å². The van der Waals surface area contributed by atoms with Crippen LogP contribution in [0.5, 0.6) is 0 Å². The minimum absolute atomic E-state index is 0.593. The topological polar surface area (TPSA) is 52.6 Å². The molecule has 4 heteroatoms. The van der Waals surface area contributed by atoms with E-state index in [-0.39, 0.29) is 0 Å². The summed E-state index contributed by atoms with van der Waals surface area (Å²) in [6, 6.07) is 0. The van der Waals surface area contributed by atoms with Gasteiger partial charge in [0.25, 0.3) is 0 Å². The van der Waals surface area contributed by atoms with Gasteiger partial charge in [0.2, 0.25) is 0 Å². The quantitative estimate of drug-likeness (QED) is 0.647. The molecule has 0 aliphatic rings.